The highest BCUT2D eigenvalue weighted by molar-refractivity contribution is 8.07. The molecule has 172 valence electrons. The van der Waals surface area contributed by atoms with Crippen molar-refractivity contribution in [2.24, 2.45) is 5.16 Å². The minimum Gasteiger partial charge on any atom is -0.387 e. The quantitative estimate of drug-likeness (QED) is 0.148. The number of carbonyl (C=O) groups excluding carboxylic acids is 1. The number of nitrogens with zero attached hydrogens (tertiary/aromatic N) is 1. The molecule has 0 heterocycles. The smallest absolute Gasteiger partial charge is 0.382 e. The van der Waals surface area contributed by atoms with Gasteiger partial charge in [0, 0.05) is 28.5 Å². The van der Waals surface area contributed by atoms with Crippen LogP contribution in [0.2, 0.25) is 0 Å². The number of carbonyl (C=O) groups is 1. The fraction of sp³-hybridized carbons (Fsp3) is 0.200. The molecule has 0 unspecified atom stereocenters. The molecule has 8 heteroatoms. The summed E-state index contributed by atoms with van der Waals surface area (Å²) in [5.74, 6) is -0.802. The average molecular weight is 484 g/mol. The van der Waals surface area contributed by atoms with Crippen LogP contribution in [0.5, 0.6) is 0 Å². The molecule has 0 spiro atoms. The first-order valence-corrected chi connectivity index (χ1v) is 13.1. The van der Waals surface area contributed by atoms with Crippen molar-refractivity contribution in [2.75, 3.05) is 13.2 Å². The van der Waals surface area contributed by atoms with Gasteiger partial charge in [-0.3, -0.25) is 9.05 Å². The SMILES string of the molecule is CCOP(=S)(OCC)OC(=O)C=NOC(c1ccccc1)(c1ccccc1)c1ccccc1. The second-order valence-electron chi connectivity index (χ2n) is 6.80. The van der Waals surface area contributed by atoms with Crippen LogP contribution in [0.4, 0.5) is 0 Å². The third kappa shape index (κ3) is 6.15. The van der Waals surface area contributed by atoms with Gasteiger partial charge in [-0.05, 0) is 13.8 Å². The largest absolute Gasteiger partial charge is 0.387 e. The van der Waals surface area contributed by atoms with Crippen molar-refractivity contribution in [3.63, 3.8) is 0 Å². The van der Waals surface area contributed by atoms with Crippen molar-refractivity contribution in [1.82, 2.24) is 0 Å². The molecule has 0 saturated heterocycles. The van der Waals surface area contributed by atoms with Crippen molar-refractivity contribution < 1.29 is 23.2 Å². The normalized spacial score (nSPS) is 11.9. The van der Waals surface area contributed by atoms with Gasteiger partial charge in [0.05, 0.1) is 13.2 Å². The molecule has 0 radical (unpaired) electrons. The van der Waals surface area contributed by atoms with E-state index in [1.54, 1.807) is 13.8 Å². The van der Waals surface area contributed by atoms with Gasteiger partial charge >= 0.3 is 12.7 Å². The third-order valence-electron chi connectivity index (χ3n) is 4.66. The van der Waals surface area contributed by atoms with E-state index in [1.807, 2.05) is 91.0 Å². The summed E-state index contributed by atoms with van der Waals surface area (Å²) in [5.41, 5.74) is 1.45. The number of benzene rings is 3. The van der Waals surface area contributed by atoms with Crippen LogP contribution >= 0.6 is 6.72 Å². The van der Waals surface area contributed by atoms with E-state index < -0.39 is 18.3 Å². The van der Waals surface area contributed by atoms with Gasteiger partial charge in [0.25, 0.3) is 0 Å². The van der Waals surface area contributed by atoms with Crippen molar-refractivity contribution >= 4 is 30.7 Å². The first-order valence-electron chi connectivity index (χ1n) is 10.5. The first kappa shape index (κ1) is 24.8. The van der Waals surface area contributed by atoms with Crippen LogP contribution < -0.4 is 0 Å². The summed E-state index contributed by atoms with van der Waals surface area (Å²) in [4.78, 5) is 18.6. The van der Waals surface area contributed by atoms with Gasteiger partial charge in [0.15, 0.2) is 6.21 Å². The van der Waals surface area contributed by atoms with Crippen LogP contribution in [0.25, 0.3) is 0 Å². The standard InChI is InChI=1S/C25H26NO5PS/c1-3-28-32(33,29-4-2)30-24(27)20-26-31-25(21-14-8-5-9-15-21,22-16-10-6-11-17-22)23-18-12-7-13-19-23/h5-20H,3-4H2,1-2H3. The summed E-state index contributed by atoms with van der Waals surface area (Å²) in [6.07, 6.45) is 0.947. The van der Waals surface area contributed by atoms with Crippen LogP contribution in [0, 0.1) is 0 Å². The predicted octanol–water partition coefficient (Wildman–Crippen LogP) is 5.82. The van der Waals surface area contributed by atoms with Gasteiger partial charge in [-0.2, -0.15) is 0 Å². The predicted molar refractivity (Wildman–Crippen MR) is 132 cm³/mol. The topological polar surface area (TPSA) is 66.4 Å². The lowest BCUT2D eigenvalue weighted by atomic mass is 9.80. The van der Waals surface area contributed by atoms with E-state index in [2.05, 4.69) is 5.16 Å². The fourth-order valence-electron chi connectivity index (χ4n) is 3.37. The summed E-state index contributed by atoms with van der Waals surface area (Å²) in [7, 11) is 0. The Kier molecular flexibility index (Phi) is 8.92. The van der Waals surface area contributed by atoms with Gasteiger partial charge in [-0.15, -0.1) is 0 Å². The molecule has 0 atom stereocenters. The molecule has 3 aromatic carbocycles. The zero-order chi connectivity index (χ0) is 23.6. The molecular weight excluding hydrogens is 457 g/mol. The molecule has 3 rings (SSSR count). The second-order valence-corrected chi connectivity index (χ2v) is 9.73. The van der Waals surface area contributed by atoms with Gasteiger partial charge in [-0.25, -0.2) is 4.79 Å². The minimum atomic E-state index is -3.19. The van der Waals surface area contributed by atoms with Crippen LogP contribution in [-0.2, 0) is 40.6 Å². The highest BCUT2D eigenvalue weighted by Gasteiger charge is 2.39. The van der Waals surface area contributed by atoms with Crippen LogP contribution in [0.15, 0.2) is 96.2 Å². The molecule has 0 N–H and O–H groups in total. The van der Waals surface area contributed by atoms with E-state index in [-0.39, 0.29) is 13.2 Å². The number of hydrogen-bond donors (Lipinski definition) is 0. The van der Waals surface area contributed by atoms with Gasteiger partial charge in [0.2, 0.25) is 5.60 Å². The summed E-state index contributed by atoms with van der Waals surface area (Å²) in [6.45, 7) is 0.827. The summed E-state index contributed by atoms with van der Waals surface area (Å²) < 4.78 is 16.0. The Morgan fingerprint density at radius 3 is 1.58 bits per heavy atom. The maximum absolute atomic E-state index is 12.5. The molecule has 0 bridgehead atoms. The molecule has 0 aliphatic carbocycles. The molecule has 3 aromatic rings. The Labute approximate surface area is 199 Å². The maximum atomic E-state index is 12.5. The number of oxime groups is 1. The first-order chi connectivity index (χ1) is 16.0. The lowest BCUT2D eigenvalue weighted by molar-refractivity contribution is -0.127. The van der Waals surface area contributed by atoms with Crippen molar-refractivity contribution in [3.8, 4) is 0 Å². The molecule has 0 fully saturated rings. The van der Waals surface area contributed by atoms with Crippen molar-refractivity contribution in [3.05, 3.63) is 108 Å². The molecule has 0 amide bonds. The molecular formula is C25H26NO5PS. The van der Waals surface area contributed by atoms with E-state index in [9.17, 15) is 4.79 Å². The molecule has 0 saturated carbocycles. The molecule has 0 aliphatic rings. The van der Waals surface area contributed by atoms with Crippen LogP contribution in [0.3, 0.4) is 0 Å². The molecule has 0 aromatic heterocycles. The van der Waals surface area contributed by atoms with E-state index in [0.717, 1.165) is 22.9 Å². The molecule has 0 aliphatic heterocycles. The van der Waals surface area contributed by atoms with Crippen molar-refractivity contribution in [1.29, 1.82) is 0 Å². The van der Waals surface area contributed by atoms with E-state index in [1.165, 1.54) is 0 Å². The number of hydrogen-bond acceptors (Lipinski definition) is 7. The lowest BCUT2D eigenvalue weighted by Crippen LogP contribution is -2.31. The van der Waals surface area contributed by atoms with E-state index >= 15 is 0 Å². The van der Waals surface area contributed by atoms with E-state index in [4.69, 9.17) is 30.2 Å². The Balaban J connectivity index is 1.99. The van der Waals surface area contributed by atoms with Crippen LogP contribution in [-0.4, -0.2) is 25.4 Å². The second kappa shape index (κ2) is 11.9. The van der Waals surface area contributed by atoms with Gasteiger partial charge in [-0.1, -0.05) is 96.2 Å². The van der Waals surface area contributed by atoms with Crippen LogP contribution in [0.1, 0.15) is 30.5 Å². The maximum Gasteiger partial charge on any atom is 0.382 e. The monoisotopic (exact) mass is 483 g/mol. The lowest BCUT2D eigenvalue weighted by Gasteiger charge is -2.33. The Hall–Kier alpha value is -2.83. The minimum absolute atomic E-state index is 0.261. The zero-order valence-electron chi connectivity index (χ0n) is 18.5. The third-order valence-corrected chi connectivity index (χ3v) is 7.07. The number of rotatable bonds is 11. The Morgan fingerprint density at radius 1 is 0.818 bits per heavy atom. The highest BCUT2D eigenvalue weighted by atomic mass is 32.5. The van der Waals surface area contributed by atoms with Gasteiger partial charge in [0.1, 0.15) is 0 Å². The highest BCUT2D eigenvalue weighted by Crippen LogP contribution is 2.49. The van der Waals surface area contributed by atoms with Gasteiger partial charge < -0.3 is 9.36 Å². The Bertz CT molecular complexity index is 987. The molecule has 33 heavy (non-hydrogen) atoms. The molecule has 6 nitrogen and oxygen atoms in total. The average Bonchev–Trinajstić information content (AvgIpc) is 2.84. The summed E-state index contributed by atoms with van der Waals surface area (Å²) in [6, 6.07) is 29.1. The van der Waals surface area contributed by atoms with Crippen molar-refractivity contribution in [2.45, 2.75) is 19.4 Å². The fourth-order valence-corrected chi connectivity index (χ4v) is 5.30. The summed E-state index contributed by atoms with van der Waals surface area (Å²) >= 11 is 5.25. The summed E-state index contributed by atoms with van der Waals surface area (Å²) in [5, 5.41) is 4.04. The zero-order valence-corrected chi connectivity index (χ0v) is 20.2. The Morgan fingerprint density at radius 2 is 1.21 bits per heavy atom. The van der Waals surface area contributed by atoms with E-state index in [0.29, 0.717) is 0 Å².